The van der Waals surface area contributed by atoms with E-state index in [4.69, 9.17) is 6.57 Å². The molecular formula is C12H6F6N2O2. The molecule has 22 heavy (non-hydrogen) atoms. The molecule has 1 rings (SSSR count). The van der Waals surface area contributed by atoms with E-state index in [-0.39, 0.29) is 5.69 Å². The summed E-state index contributed by atoms with van der Waals surface area (Å²) in [4.78, 5) is 24.6. The van der Waals surface area contributed by atoms with Gasteiger partial charge in [-0.1, -0.05) is 0 Å². The van der Waals surface area contributed by atoms with Crippen LogP contribution in [-0.4, -0.2) is 23.9 Å². The number of amides is 1. The second kappa shape index (κ2) is 6.05. The number of nitrogens with zero attached hydrogens (tertiary/aromatic N) is 1. The summed E-state index contributed by atoms with van der Waals surface area (Å²) in [6.07, 6.45) is -9.99. The van der Waals surface area contributed by atoms with Crippen LogP contribution in [0.2, 0.25) is 0 Å². The van der Waals surface area contributed by atoms with E-state index in [1.165, 1.54) is 0 Å². The first-order valence-corrected chi connectivity index (χ1v) is 5.42. The van der Waals surface area contributed by atoms with Gasteiger partial charge in [-0.3, -0.25) is 14.4 Å². The molecule has 1 aromatic rings. The molecule has 4 nitrogen and oxygen atoms in total. The SMILES string of the molecule is [C-]#[N+]C(C(=O)Nc1ccc(C(F)(F)F)cc1)C(=O)C(F)(F)F. The van der Waals surface area contributed by atoms with Crippen LogP contribution in [0.15, 0.2) is 24.3 Å². The molecule has 0 aliphatic heterocycles. The lowest BCUT2D eigenvalue weighted by Gasteiger charge is -2.10. The van der Waals surface area contributed by atoms with Crippen molar-refractivity contribution < 1.29 is 35.9 Å². The molecular weight excluding hydrogens is 318 g/mol. The summed E-state index contributed by atoms with van der Waals surface area (Å²) < 4.78 is 73.4. The lowest BCUT2D eigenvalue weighted by Crippen LogP contribution is -2.40. The third kappa shape index (κ3) is 4.21. The van der Waals surface area contributed by atoms with Crippen molar-refractivity contribution in [3.05, 3.63) is 41.2 Å². The number of anilines is 1. The lowest BCUT2D eigenvalue weighted by atomic mass is 10.1. The van der Waals surface area contributed by atoms with Gasteiger partial charge in [-0.05, 0) is 24.3 Å². The van der Waals surface area contributed by atoms with Gasteiger partial charge in [-0.2, -0.15) is 26.3 Å². The fraction of sp³-hybridized carbons (Fsp3) is 0.250. The zero-order valence-electron chi connectivity index (χ0n) is 10.4. The maximum atomic E-state index is 12.3. The van der Waals surface area contributed by atoms with Gasteiger partial charge in [-0.25, -0.2) is 6.57 Å². The van der Waals surface area contributed by atoms with E-state index in [1.807, 2.05) is 0 Å². The predicted molar refractivity (Wildman–Crippen MR) is 61.5 cm³/mol. The van der Waals surface area contributed by atoms with Gasteiger partial charge < -0.3 is 5.32 Å². The van der Waals surface area contributed by atoms with Crippen molar-refractivity contribution in [1.82, 2.24) is 0 Å². The first-order valence-electron chi connectivity index (χ1n) is 5.42. The monoisotopic (exact) mass is 324 g/mol. The van der Waals surface area contributed by atoms with Gasteiger partial charge in [0.05, 0.1) is 5.56 Å². The number of benzene rings is 1. The van der Waals surface area contributed by atoms with Crippen molar-refractivity contribution in [2.45, 2.75) is 18.4 Å². The van der Waals surface area contributed by atoms with Gasteiger partial charge in [0.15, 0.2) is 0 Å². The van der Waals surface area contributed by atoms with Gasteiger partial charge in [-0.15, -0.1) is 0 Å². The average molecular weight is 324 g/mol. The van der Waals surface area contributed by atoms with Gasteiger partial charge in [0, 0.05) is 5.69 Å². The van der Waals surface area contributed by atoms with E-state index in [9.17, 15) is 35.9 Å². The van der Waals surface area contributed by atoms with Crippen molar-refractivity contribution >= 4 is 17.4 Å². The normalized spacial score (nSPS) is 13.1. The highest BCUT2D eigenvalue weighted by Gasteiger charge is 2.50. The second-order valence-electron chi connectivity index (χ2n) is 3.96. The van der Waals surface area contributed by atoms with Crippen molar-refractivity contribution in [3.63, 3.8) is 0 Å². The fourth-order valence-electron chi connectivity index (χ4n) is 1.34. The maximum Gasteiger partial charge on any atom is 0.458 e. The summed E-state index contributed by atoms with van der Waals surface area (Å²) in [7, 11) is 0. The van der Waals surface area contributed by atoms with Crippen LogP contribution >= 0.6 is 0 Å². The van der Waals surface area contributed by atoms with Crippen molar-refractivity contribution in [1.29, 1.82) is 0 Å². The summed E-state index contributed by atoms with van der Waals surface area (Å²) in [5, 5.41) is 1.78. The van der Waals surface area contributed by atoms with Crippen LogP contribution in [0.3, 0.4) is 0 Å². The number of carbonyl (C=O) groups is 2. The topological polar surface area (TPSA) is 50.5 Å². The van der Waals surface area contributed by atoms with Crippen LogP contribution in [0.25, 0.3) is 4.85 Å². The van der Waals surface area contributed by atoms with Crippen LogP contribution in [0.4, 0.5) is 32.0 Å². The number of hydrogen-bond donors (Lipinski definition) is 1. The van der Waals surface area contributed by atoms with Crippen LogP contribution < -0.4 is 5.32 Å². The lowest BCUT2D eigenvalue weighted by molar-refractivity contribution is -0.172. The van der Waals surface area contributed by atoms with E-state index in [0.29, 0.717) is 12.1 Å². The molecule has 1 aromatic carbocycles. The molecule has 0 aliphatic carbocycles. The number of ketones is 1. The molecule has 1 N–H and O–H groups in total. The zero-order valence-corrected chi connectivity index (χ0v) is 10.4. The van der Waals surface area contributed by atoms with Crippen molar-refractivity contribution in [2.75, 3.05) is 5.32 Å². The Bertz CT molecular complexity index is 612. The Balaban J connectivity index is 2.88. The maximum absolute atomic E-state index is 12.3. The number of halogens is 6. The molecule has 0 bridgehead atoms. The fourth-order valence-corrected chi connectivity index (χ4v) is 1.34. The molecule has 1 amide bonds. The summed E-state index contributed by atoms with van der Waals surface area (Å²) in [5.74, 6) is -4.12. The summed E-state index contributed by atoms with van der Waals surface area (Å²) in [6, 6.07) is 0.115. The van der Waals surface area contributed by atoms with E-state index >= 15 is 0 Å². The minimum Gasteiger partial charge on any atom is -0.319 e. The number of rotatable bonds is 3. The Hall–Kier alpha value is -2.57. The van der Waals surface area contributed by atoms with Gasteiger partial charge in [0.1, 0.15) is 0 Å². The Morgan fingerprint density at radius 1 is 1.05 bits per heavy atom. The molecule has 1 unspecified atom stereocenters. The first kappa shape index (κ1) is 17.5. The van der Waals surface area contributed by atoms with Crippen LogP contribution in [0.5, 0.6) is 0 Å². The van der Waals surface area contributed by atoms with Gasteiger partial charge >= 0.3 is 30.1 Å². The summed E-state index contributed by atoms with van der Waals surface area (Å²) in [5.41, 5.74) is -1.31. The molecule has 0 aliphatic rings. The highest BCUT2D eigenvalue weighted by molar-refractivity contribution is 6.14. The van der Waals surface area contributed by atoms with E-state index in [1.54, 1.807) is 5.32 Å². The minimum absolute atomic E-state index is 0.276. The number of carbonyl (C=O) groups excluding carboxylic acids is 2. The smallest absolute Gasteiger partial charge is 0.319 e. The Labute approximate surface area is 119 Å². The summed E-state index contributed by atoms with van der Waals surface area (Å²) in [6.45, 7) is 6.48. The van der Waals surface area contributed by atoms with Gasteiger partial charge in [0.2, 0.25) is 0 Å². The molecule has 0 heterocycles. The van der Waals surface area contributed by atoms with Crippen LogP contribution in [-0.2, 0) is 15.8 Å². The summed E-state index contributed by atoms with van der Waals surface area (Å²) >= 11 is 0. The third-order valence-electron chi connectivity index (χ3n) is 2.38. The second-order valence-corrected chi connectivity index (χ2v) is 3.96. The van der Waals surface area contributed by atoms with Crippen molar-refractivity contribution in [3.8, 4) is 0 Å². The standard InChI is InChI=1S/C12H6F6N2O2/c1-19-8(9(21)12(16,17)18)10(22)20-7-4-2-6(3-5-7)11(13,14)15/h2-5,8H,(H,20,22). The van der Waals surface area contributed by atoms with E-state index in [0.717, 1.165) is 12.1 Å². The predicted octanol–water partition coefficient (Wildman–Crippen LogP) is 3.06. The largest absolute Gasteiger partial charge is 0.458 e. The molecule has 0 saturated heterocycles. The molecule has 0 spiro atoms. The van der Waals surface area contributed by atoms with E-state index < -0.39 is 35.6 Å². The molecule has 0 aromatic heterocycles. The average Bonchev–Trinajstić information content (AvgIpc) is 2.37. The van der Waals surface area contributed by atoms with Crippen LogP contribution in [0.1, 0.15) is 5.56 Å². The Morgan fingerprint density at radius 2 is 1.55 bits per heavy atom. The molecule has 0 fully saturated rings. The highest BCUT2D eigenvalue weighted by atomic mass is 19.4. The van der Waals surface area contributed by atoms with Crippen LogP contribution in [0, 0.1) is 6.57 Å². The van der Waals surface area contributed by atoms with Crippen molar-refractivity contribution in [2.24, 2.45) is 0 Å². The zero-order chi connectivity index (χ0) is 17.1. The third-order valence-corrected chi connectivity index (χ3v) is 2.38. The number of Topliss-reactive ketones (excluding diaryl/α,β-unsaturated/α-hetero) is 1. The first-order chi connectivity index (χ1) is 9.96. The molecule has 10 heteroatoms. The molecule has 1 atom stereocenters. The Kier molecular flexibility index (Phi) is 4.80. The Morgan fingerprint density at radius 3 is 1.91 bits per heavy atom. The van der Waals surface area contributed by atoms with E-state index in [2.05, 4.69) is 4.85 Å². The minimum atomic E-state index is -5.37. The number of alkyl halides is 6. The quantitative estimate of drug-likeness (QED) is 0.528. The van der Waals surface area contributed by atoms with Gasteiger partial charge in [0.25, 0.3) is 0 Å². The number of hydrogen-bond acceptors (Lipinski definition) is 2. The molecule has 0 saturated carbocycles. The highest BCUT2D eigenvalue weighted by Crippen LogP contribution is 2.30. The molecule has 0 radical (unpaired) electrons. The molecule has 118 valence electrons. The number of nitrogens with one attached hydrogen (secondary N) is 1.